The normalized spacial score (nSPS) is 19.4. The molecule has 76 valence electrons. The molecule has 1 aromatic rings. The highest BCUT2D eigenvalue weighted by Crippen LogP contribution is 2.32. The van der Waals surface area contributed by atoms with E-state index in [4.69, 9.17) is 4.74 Å². The molecule has 0 aromatic heterocycles. The lowest BCUT2D eigenvalue weighted by Crippen LogP contribution is -2.29. The molecular weight excluding hydrogens is 194 g/mol. The molecule has 2 nitrogen and oxygen atoms in total. The summed E-state index contributed by atoms with van der Waals surface area (Å²) in [5.41, 5.74) is 1.13. The van der Waals surface area contributed by atoms with Gasteiger partial charge in [-0.05, 0) is 30.9 Å². The third-order valence-corrected chi connectivity index (χ3v) is 3.18. The lowest BCUT2D eigenvalue weighted by atomic mass is 10.2. The van der Waals surface area contributed by atoms with Gasteiger partial charge < -0.3 is 10.1 Å². The Balaban J connectivity index is 2.23. The van der Waals surface area contributed by atoms with Crippen molar-refractivity contribution in [2.24, 2.45) is 0 Å². The first-order chi connectivity index (χ1) is 6.83. The monoisotopic (exact) mass is 209 g/mol. The molecule has 0 radical (unpaired) electrons. The fourth-order valence-corrected chi connectivity index (χ4v) is 1.99. The summed E-state index contributed by atoms with van der Waals surface area (Å²) in [4.78, 5) is 1.27. The minimum atomic E-state index is 0.322. The average Bonchev–Trinajstić information content (AvgIpc) is 2.27. The smallest absolute Gasteiger partial charge is 0.142 e. The van der Waals surface area contributed by atoms with Gasteiger partial charge in [-0.15, -0.1) is 11.8 Å². The van der Waals surface area contributed by atoms with E-state index in [1.165, 1.54) is 4.90 Å². The maximum atomic E-state index is 5.81. The van der Waals surface area contributed by atoms with Crippen molar-refractivity contribution in [1.29, 1.82) is 0 Å². The van der Waals surface area contributed by atoms with Crippen LogP contribution >= 0.6 is 11.8 Å². The highest BCUT2D eigenvalue weighted by molar-refractivity contribution is 7.98. The van der Waals surface area contributed by atoms with Gasteiger partial charge in [-0.3, -0.25) is 0 Å². The first kappa shape index (κ1) is 9.71. The molecule has 0 saturated heterocycles. The molecule has 0 amide bonds. The second kappa shape index (κ2) is 4.13. The number of fused-ring (bicyclic) bond motifs is 1. The molecule has 14 heavy (non-hydrogen) atoms. The van der Waals surface area contributed by atoms with E-state index in [9.17, 15) is 0 Å². The molecule has 0 bridgehead atoms. The molecule has 1 aromatic carbocycles. The first-order valence-electron chi connectivity index (χ1n) is 4.92. The van der Waals surface area contributed by atoms with E-state index in [0.29, 0.717) is 6.10 Å². The standard InChI is InChI=1S/C11H15NOS/c1-3-8-7-12-10-6-9(14-2)4-5-11(10)13-8/h4-6,8,12H,3,7H2,1-2H3. The lowest BCUT2D eigenvalue weighted by Gasteiger charge is -2.26. The van der Waals surface area contributed by atoms with E-state index < -0.39 is 0 Å². The topological polar surface area (TPSA) is 21.3 Å². The van der Waals surface area contributed by atoms with Crippen molar-refractivity contribution in [3.8, 4) is 5.75 Å². The molecule has 2 rings (SSSR count). The molecule has 1 heterocycles. The molecule has 3 heteroatoms. The quantitative estimate of drug-likeness (QED) is 0.757. The van der Waals surface area contributed by atoms with E-state index in [1.807, 2.05) is 0 Å². The van der Waals surface area contributed by atoms with Crippen LogP contribution in [0, 0.1) is 0 Å². The second-order valence-electron chi connectivity index (χ2n) is 3.39. The van der Waals surface area contributed by atoms with Crippen LogP contribution in [0.25, 0.3) is 0 Å². The van der Waals surface area contributed by atoms with E-state index >= 15 is 0 Å². The zero-order valence-corrected chi connectivity index (χ0v) is 9.36. The SMILES string of the molecule is CCC1CNc2cc(SC)ccc2O1. The van der Waals surface area contributed by atoms with Crippen molar-refractivity contribution in [3.05, 3.63) is 18.2 Å². The number of benzene rings is 1. The molecule has 1 aliphatic heterocycles. The summed E-state index contributed by atoms with van der Waals surface area (Å²) in [6.07, 6.45) is 3.46. The fraction of sp³-hybridized carbons (Fsp3) is 0.455. The van der Waals surface area contributed by atoms with Gasteiger partial charge >= 0.3 is 0 Å². The minimum Gasteiger partial charge on any atom is -0.486 e. The number of nitrogens with one attached hydrogen (secondary N) is 1. The van der Waals surface area contributed by atoms with Crippen molar-refractivity contribution < 1.29 is 4.74 Å². The summed E-state index contributed by atoms with van der Waals surface area (Å²) >= 11 is 1.75. The molecule has 1 unspecified atom stereocenters. The summed E-state index contributed by atoms with van der Waals surface area (Å²) in [6, 6.07) is 6.30. The van der Waals surface area contributed by atoms with Crippen LogP contribution < -0.4 is 10.1 Å². The predicted octanol–water partition coefficient (Wildman–Crippen LogP) is 2.99. The predicted molar refractivity (Wildman–Crippen MR) is 61.4 cm³/mol. The number of ether oxygens (including phenoxy) is 1. The fourth-order valence-electron chi connectivity index (χ4n) is 1.55. The van der Waals surface area contributed by atoms with Gasteiger partial charge in [0, 0.05) is 4.90 Å². The zero-order chi connectivity index (χ0) is 9.97. The summed E-state index contributed by atoms with van der Waals surface area (Å²) < 4.78 is 5.81. The van der Waals surface area contributed by atoms with Crippen LogP contribution in [0.1, 0.15) is 13.3 Å². The van der Waals surface area contributed by atoms with E-state index in [-0.39, 0.29) is 0 Å². The Labute approximate surface area is 89.0 Å². The van der Waals surface area contributed by atoms with Gasteiger partial charge in [0.2, 0.25) is 0 Å². The maximum absolute atomic E-state index is 5.81. The van der Waals surface area contributed by atoms with Crippen LogP contribution in [0.2, 0.25) is 0 Å². The third-order valence-electron chi connectivity index (χ3n) is 2.46. The summed E-state index contributed by atoms with van der Waals surface area (Å²) in [6.45, 7) is 3.06. The van der Waals surface area contributed by atoms with Gasteiger partial charge in [0.05, 0.1) is 12.2 Å². The molecule has 0 spiro atoms. The Morgan fingerprint density at radius 1 is 1.57 bits per heavy atom. The van der Waals surface area contributed by atoms with Crippen LogP contribution in [0.5, 0.6) is 5.75 Å². The Kier molecular flexibility index (Phi) is 2.87. The number of hydrogen-bond acceptors (Lipinski definition) is 3. The van der Waals surface area contributed by atoms with Crippen LogP contribution in [-0.2, 0) is 0 Å². The van der Waals surface area contributed by atoms with Crippen LogP contribution in [0.3, 0.4) is 0 Å². The number of rotatable bonds is 2. The molecular formula is C11H15NOS. The molecule has 0 fully saturated rings. The maximum Gasteiger partial charge on any atom is 0.142 e. The van der Waals surface area contributed by atoms with E-state index in [1.54, 1.807) is 11.8 Å². The van der Waals surface area contributed by atoms with E-state index in [2.05, 4.69) is 36.7 Å². The van der Waals surface area contributed by atoms with Crippen molar-refractivity contribution in [1.82, 2.24) is 0 Å². The van der Waals surface area contributed by atoms with Crippen molar-refractivity contribution in [2.75, 3.05) is 18.1 Å². The molecule has 1 aliphatic rings. The summed E-state index contributed by atoms with van der Waals surface area (Å²) in [7, 11) is 0. The van der Waals surface area contributed by atoms with Gasteiger partial charge in [0.15, 0.2) is 0 Å². The molecule has 1 atom stereocenters. The van der Waals surface area contributed by atoms with Crippen LogP contribution in [0.15, 0.2) is 23.1 Å². The Hall–Kier alpha value is -0.830. The average molecular weight is 209 g/mol. The van der Waals surface area contributed by atoms with Crippen molar-refractivity contribution in [3.63, 3.8) is 0 Å². The molecule has 0 aliphatic carbocycles. The van der Waals surface area contributed by atoms with Crippen LogP contribution in [0.4, 0.5) is 5.69 Å². The number of thioether (sulfide) groups is 1. The third kappa shape index (κ3) is 1.82. The Morgan fingerprint density at radius 3 is 3.14 bits per heavy atom. The highest BCUT2D eigenvalue weighted by atomic mass is 32.2. The number of anilines is 1. The van der Waals surface area contributed by atoms with Crippen molar-refractivity contribution in [2.45, 2.75) is 24.3 Å². The molecule has 1 N–H and O–H groups in total. The largest absolute Gasteiger partial charge is 0.486 e. The van der Waals surface area contributed by atoms with Gasteiger partial charge in [-0.25, -0.2) is 0 Å². The van der Waals surface area contributed by atoms with Gasteiger partial charge in [-0.2, -0.15) is 0 Å². The second-order valence-corrected chi connectivity index (χ2v) is 4.27. The van der Waals surface area contributed by atoms with Crippen molar-refractivity contribution >= 4 is 17.4 Å². The Morgan fingerprint density at radius 2 is 2.43 bits per heavy atom. The minimum absolute atomic E-state index is 0.322. The van der Waals surface area contributed by atoms with Gasteiger partial charge in [0.25, 0.3) is 0 Å². The lowest BCUT2D eigenvalue weighted by molar-refractivity contribution is 0.201. The highest BCUT2D eigenvalue weighted by Gasteiger charge is 2.17. The van der Waals surface area contributed by atoms with Crippen LogP contribution in [-0.4, -0.2) is 18.9 Å². The molecule has 0 saturated carbocycles. The zero-order valence-electron chi connectivity index (χ0n) is 8.54. The first-order valence-corrected chi connectivity index (χ1v) is 6.14. The summed E-state index contributed by atoms with van der Waals surface area (Å²) in [5, 5.41) is 3.40. The van der Waals surface area contributed by atoms with Gasteiger partial charge in [0.1, 0.15) is 11.9 Å². The van der Waals surface area contributed by atoms with Gasteiger partial charge in [-0.1, -0.05) is 6.92 Å². The Bertz CT molecular complexity index is 327. The number of hydrogen-bond donors (Lipinski definition) is 1. The van der Waals surface area contributed by atoms with E-state index in [0.717, 1.165) is 24.4 Å². The summed E-state index contributed by atoms with van der Waals surface area (Å²) in [5.74, 6) is 0.987.